The van der Waals surface area contributed by atoms with Crippen molar-refractivity contribution >= 4 is 10.9 Å². The van der Waals surface area contributed by atoms with E-state index in [0.29, 0.717) is 0 Å². The minimum atomic E-state index is -0.0529. The molecule has 0 saturated carbocycles. The summed E-state index contributed by atoms with van der Waals surface area (Å²) in [6.07, 6.45) is 3.14. The molecule has 1 aromatic carbocycles. The van der Waals surface area contributed by atoms with Gasteiger partial charge in [0.25, 0.3) is 0 Å². The zero-order valence-corrected chi connectivity index (χ0v) is 12.9. The first kappa shape index (κ1) is 15.8. The molecule has 2 aromatic rings. The van der Waals surface area contributed by atoms with E-state index in [0.717, 1.165) is 13.0 Å². The smallest absolute Gasteiger partial charge is 0.0485 e. The number of benzene rings is 1. The highest BCUT2D eigenvalue weighted by atomic mass is 16.3. The molecule has 0 aliphatic heterocycles. The Morgan fingerprint density at radius 2 is 1.79 bits per heavy atom. The number of aryl methyl sites for hydroxylation is 1. The molecule has 1 N–H and O–H groups in total. The van der Waals surface area contributed by atoms with Gasteiger partial charge >= 0.3 is 0 Å². The van der Waals surface area contributed by atoms with Gasteiger partial charge in [0.05, 0.1) is 0 Å². The largest absolute Gasteiger partial charge is 0.396 e. The molecule has 0 aliphatic carbocycles. The van der Waals surface area contributed by atoms with Crippen LogP contribution in [0, 0.1) is 5.41 Å². The number of hydrogen-bond donors (Lipinski definition) is 1. The van der Waals surface area contributed by atoms with Crippen molar-refractivity contribution in [2.24, 2.45) is 5.41 Å². The maximum absolute atomic E-state index is 9.38. The van der Waals surface area contributed by atoms with Crippen LogP contribution in [0.3, 0.4) is 0 Å². The molecular weight excluding hydrogens is 234 g/mol. The molecule has 0 saturated heterocycles. The summed E-state index contributed by atoms with van der Waals surface area (Å²) in [5.74, 6) is 0. The first-order valence-electron chi connectivity index (χ1n) is 7.25. The van der Waals surface area contributed by atoms with E-state index in [-0.39, 0.29) is 12.0 Å². The summed E-state index contributed by atoms with van der Waals surface area (Å²) in [5.41, 5.74) is 2.57. The van der Waals surface area contributed by atoms with Crippen molar-refractivity contribution in [1.29, 1.82) is 0 Å². The van der Waals surface area contributed by atoms with Crippen LogP contribution in [0.15, 0.2) is 30.5 Å². The van der Waals surface area contributed by atoms with Gasteiger partial charge in [-0.2, -0.15) is 0 Å². The first-order chi connectivity index (χ1) is 9.07. The second kappa shape index (κ2) is 6.76. The van der Waals surface area contributed by atoms with Crippen LogP contribution in [0.1, 0.15) is 40.2 Å². The number of aliphatic hydroxyl groups is 1. The molecule has 106 valence electrons. The van der Waals surface area contributed by atoms with Crippen molar-refractivity contribution in [2.45, 2.75) is 47.6 Å². The van der Waals surface area contributed by atoms with Crippen LogP contribution in [0.5, 0.6) is 0 Å². The fraction of sp³-hybridized carbons (Fsp3) is 0.529. The van der Waals surface area contributed by atoms with Crippen molar-refractivity contribution in [2.75, 3.05) is 6.61 Å². The molecule has 19 heavy (non-hydrogen) atoms. The Hall–Kier alpha value is -1.28. The van der Waals surface area contributed by atoms with E-state index >= 15 is 0 Å². The predicted octanol–water partition coefficient (Wildman–Crippen LogP) is 4.25. The number of aromatic nitrogens is 1. The number of para-hydroxylation sites is 1. The Bertz CT molecular complexity index is 511. The average Bonchev–Trinajstić information content (AvgIpc) is 2.79. The Kier molecular flexibility index (Phi) is 5.61. The maximum Gasteiger partial charge on any atom is 0.0485 e. The van der Waals surface area contributed by atoms with Crippen LogP contribution in [-0.4, -0.2) is 16.3 Å². The molecule has 0 amide bonds. The Labute approximate surface area is 117 Å². The lowest BCUT2D eigenvalue weighted by molar-refractivity contribution is 0.160. The lowest BCUT2D eigenvalue weighted by Gasteiger charge is -2.20. The van der Waals surface area contributed by atoms with Crippen molar-refractivity contribution in [3.63, 3.8) is 0 Å². The van der Waals surface area contributed by atoms with Crippen LogP contribution < -0.4 is 0 Å². The van der Waals surface area contributed by atoms with Gasteiger partial charge in [0.2, 0.25) is 0 Å². The topological polar surface area (TPSA) is 25.2 Å². The summed E-state index contributed by atoms with van der Waals surface area (Å²) < 4.78 is 2.28. The predicted molar refractivity (Wildman–Crippen MR) is 83.5 cm³/mol. The summed E-state index contributed by atoms with van der Waals surface area (Å²) in [6, 6.07) is 8.49. The van der Waals surface area contributed by atoms with Gasteiger partial charge in [-0.15, -0.1) is 0 Å². The molecule has 0 bridgehead atoms. The summed E-state index contributed by atoms with van der Waals surface area (Å²) in [4.78, 5) is 0. The minimum Gasteiger partial charge on any atom is -0.396 e. The van der Waals surface area contributed by atoms with Gasteiger partial charge in [-0.25, -0.2) is 0 Å². The molecular formula is C17H27NO. The number of aliphatic hydroxyl groups excluding tert-OH is 1. The zero-order valence-electron chi connectivity index (χ0n) is 12.9. The van der Waals surface area contributed by atoms with Crippen LogP contribution in [0.25, 0.3) is 10.9 Å². The third kappa shape index (κ3) is 3.60. The van der Waals surface area contributed by atoms with E-state index in [1.54, 1.807) is 0 Å². The third-order valence-electron chi connectivity index (χ3n) is 3.31. The molecule has 0 fully saturated rings. The maximum atomic E-state index is 9.38. The molecule has 1 heterocycles. The highest BCUT2D eigenvalue weighted by molar-refractivity contribution is 5.84. The van der Waals surface area contributed by atoms with E-state index in [9.17, 15) is 5.11 Å². The number of hydrogen-bond acceptors (Lipinski definition) is 1. The van der Waals surface area contributed by atoms with Crippen molar-refractivity contribution in [1.82, 2.24) is 4.57 Å². The van der Waals surface area contributed by atoms with Crippen molar-refractivity contribution in [3.8, 4) is 0 Å². The van der Waals surface area contributed by atoms with E-state index in [4.69, 9.17) is 0 Å². The zero-order chi connectivity index (χ0) is 14.5. The fourth-order valence-corrected chi connectivity index (χ4v) is 2.30. The van der Waals surface area contributed by atoms with E-state index in [2.05, 4.69) is 55.8 Å². The molecule has 0 spiro atoms. The van der Waals surface area contributed by atoms with Crippen molar-refractivity contribution < 1.29 is 5.11 Å². The average molecular weight is 261 g/mol. The summed E-state index contributed by atoms with van der Waals surface area (Å²) in [7, 11) is 0. The van der Waals surface area contributed by atoms with Crippen LogP contribution in [-0.2, 0) is 13.0 Å². The standard InChI is InChI=1S/C15H21NO.C2H6/c1-4-16-10-12(9-15(2,3)11-17)13-7-5-6-8-14(13)16;1-2/h5-8,10,17H,4,9,11H2,1-3H3;1-2H3. The molecule has 0 aliphatic rings. The van der Waals surface area contributed by atoms with E-state index in [1.165, 1.54) is 16.5 Å². The SMILES string of the molecule is CC.CCn1cc(CC(C)(C)CO)c2ccccc21. The highest BCUT2D eigenvalue weighted by Gasteiger charge is 2.19. The first-order valence-corrected chi connectivity index (χ1v) is 7.25. The molecule has 2 heteroatoms. The Morgan fingerprint density at radius 1 is 1.16 bits per heavy atom. The minimum absolute atomic E-state index is 0.0529. The van der Waals surface area contributed by atoms with Crippen LogP contribution in [0.4, 0.5) is 0 Å². The Morgan fingerprint density at radius 3 is 2.37 bits per heavy atom. The number of fused-ring (bicyclic) bond motifs is 1. The summed E-state index contributed by atoms with van der Waals surface area (Å²) >= 11 is 0. The highest BCUT2D eigenvalue weighted by Crippen LogP contribution is 2.28. The van der Waals surface area contributed by atoms with Crippen LogP contribution in [0.2, 0.25) is 0 Å². The second-order valence-corrected chi connectivity index (χ2v) is 5.46. The van der Waals surface area contributed by atoms with Gasteiger partial charge in [0.1, 0.15) is 0 Å². The monoisotopic (exact) mass is 261 g/mol. The van der Waals surface area contributed by atoms with E-state index < -0.39 is 0 Å². The number of nitrogens with zero attached hydrogens (tertiary/aromatic N) is 1. The number of rotatable bonds is 4. The van der Waals surface area contributed by atoms with Gasteiger partial charge in [-0.1, -0.05) is 45.9 Å². The molecule has 0 radical (unpaired) electrons. The molecule has 2 nitrogen and oxygen atoms in total. The van der Waals surface area contributed by atoms with Gasteiger partial charge in [0.15, 0.2) is 0 Å². The molecule has 2 rings (SSSR count). The molecule has 0 unspecified atom stereocenters. The van der Waals surface area contributed by atoms with Crippen LogP contribution >= 0.6 is 0 Å². The fourth-order valence-electron chi connectivity index (χ4n) is 2.30. The lowest BCUT2D eigenvalue weighted by Crippen LogP contribution is -2.19. The summed E-state index contributed by atoms with van der Waals surface area (Å²) in [6.45, 7) is 11.6. The Balaban J connectivity index is 0.000000861. The van der Waals surface area contributed by atoms with Crippen molar-refractivity contribution in [3.05, 3.63) is 36.0 Å². The second-order valence-electron chi connectivity index (χ2n) is 5.46. The molecule has 0 atom stereocenters. The quantitative estimate of drug-likeness (QED) is 0.874. The summed E-state index contributed by atoms with van der Waals surface area (Å²) in [5, 5.41) is 10.7. The third-order valence-corrected chi connectivity index (χ3v) is 3.31. The van der Waals surface area contributed by atoms with Gasteiger partial charge in [0, 0.05) is 30.3 Å². The van der Waals surface area contributed by atoms with Gasteiger partial charge < -0.3 is 9.67 Å². The normalized spacial score (nSPS) is 11.3. The van der Waals surface area contributed by atoms with E-state index in [1.807, 2.05) is 13.8 Å². The lowest BCUT2D eigenvalue weighted by atomic mass is 9.87. The van der Waals surface area contributed by atoms with Gasteiger partial charge in [-0.05, 0) is 30.4 Å². The molecule has 1 aromatic heterocycles. The van der Waals surface area contributed by atoms with Gasteiger partial charge in [-0.3, -0.25) is 0 Å².